The number of nitrogen functional groups attached to an aromatic ring is 1. The van der Waals surface area contributed by atoms with Crippen LogP contribution in [0.3, 0.4) is 0 Å². The Bertz CT molecular complexity index is 382. The summed E-state index contributed by atoms with van der Waals surface area (Å²) >= 11 is 0. The normalized spacial score (nSPS) is 9.00. The van der Waals surface area contributed by atoms with Gasteiger partial charge in [0.25, 0.3) is 0 Å². The summed E-state index contributed by atoms with van der Waals surface area (Å²) in [6.07, 6.45) is 4.39. The summed E-state index contributed by atoms with van der Waals surface area (Å²) in [5.41, 5.74) is 7.16. The molecule has 4 nitrogen and oxygen atoms in total. The molecule has 0 unspecified atom stereocenters. The first-order valence-corrected chi connectivity index (χ1v) is 4.41. The molecule has 0 saturated heterocycles. The van der Waals surface area contributed by atoms with Gasteiger partial charge in [-0.2, -0.15) is 0 Å². The maximum atomic E-state index is 11.0. The van der Waals surface area contributed by atoms with Gasteiger partial charge in [-0.3, -0.25) is 0 Å². The van der Waals surface area contributed by atoms with E-state index in [1.807, 2.05) is 18.2 Å². The first-order valence-electron chi connectivity index (χ1n) is 4.41. The molecule has 1 rings (SSSR count). The Morgan fingerprint density at radius 1 is 1.53 bits per heavy atom. The van der Waals surface area contributed by atoms with E-state index in [0.717, 1.165) is 5.56 Å². The Morgan fingerprint density at radius 3 is 2.93 bits per heavy atom. The molecule has 1 aromatic rings. The number of anilines is 1. The molecule has 0 aliphatic rings. The molecule has 15 heavy (non-hydrogen) atoms. The summed E-state index contributed by atoms with van der Waals surface area (Å²) in [7, 11) is 0. The van der Waals surface area contributed by atoms with Gasteiger partial charge < -0.3 is 15.8 Å². The van der Waals surface area contributed by atoms with Crippen molar-refractivity contribution < 1.29 is 9.53 Å². The van der Waals surface area contributed by atoms with Crippen LogP contribution in [0.25, 0.3) is 0 Å². The van der Waals surface area contributed by atoms with Crippen LogP contribution >= 0.6 is 0 Å². The van der Waals surface area contributed by atoms with Crippen molar-refractivity contribution in [3.8, 4) is 12.3 Å². The summed E-state index contributed by atoms with van der Waals surface area (Å²) in [5, 5.41) is 2.54. The number of alkyl carbamates (subject to hydrolysis) is 1. The zero-order valence-corrected chi connectivity index (χ0v) is 8.19. The predicted molar refractivity (Wildman–Crippen MR) is 57.9 cm³/mol. The van der Waals surface area contributed by atoms with Crippen LogP contribution in [0, 0.1) is 12.3 Å². The minimum atomic E-state index is -0.545. The highest BCUT2D eigenvalue weighted by Crippen LogP contribution is 2.09. The van der Waals surface area contributed by atoms with E-state index in [4.69, 9.17) is 12.2 Å². The molecular weight excluding hydrogens is 192 g/mol. The van der Waals surface area contributed by atoms with E-state index in [9.17, 15) is 4.79 Å². The van der Waals surface area contributed by atoms with Crippen molar-refractivity contribution in [2.45, 2.75) is 6.54 Å². The molecule has 0 aliphatic heterocycles. The van der Waals surface area contributed by atoms with Crippen LogP contribution < -0.4 is 11.1 Å². The van der Waals surface area contributed by atoms with Gasteiger partial charge in [0.15, 0.2) is 6.61 Å². The molecule has 0 fully saturated rings. The molecule has 1 amide bonds. The molecule has 0 saturated carbocycles. The Morgan fingerprint density at radius 2 is 2.27 bits per heavy atom. The largest absolute Gasteiger partial charge is 0.436 e. The maximum absolute atomic E-state index is 11.0. The SMILES string of the molecule is C#CCOC(=O)NCc1ccccc1N. The molecule has 78 valence electrons. The van der Waals surface area contributed by atoms with Crippen molar-refractivity contribution in [1.82, 2.24) is 5.32 Å². The molecule has 0 spiro atoms. The molecule has 3 N–H and O–H groups in total. The van der Waals surface area contributed by atoms with Gasteiger partial charge >= 0.3 is 6.09 Å². The van der Waals surface area contributed by atoms with Crippen LogP contribution in [0.5, 0.6) is 0 Å². The number of amides is 1. The van der Waals surface area contributed by atoms with Crippen LogP contribution in [0.15, 0.2) is 24.3 Å². The van der Waals surface area contributed by atoms with Crippen LogP contribution in [-0.4, -0.2) is 12.7 Å². The van der Waals surface area contributed by atoms with E-state index in [2.05, 4.69) is 16.0 Å². The highest BCUT2D eigenvalue weighted by Gasteiger charge is 2.02. The molecule has 1 aromatic carbocycles. The number of carbonyl (C=O) groups excluding carboxylic acids is 1. The quantitative estimate of drug-likeness (QED) is 0.573. The second-order valence-corrected chi connectivity index (χ2v) is 2.83. The molecule has 0 atom stereocenters. The van der Waals surface area contributed by atoms with Gasteiger partial charge in [-0.05, 0) is 11.6 Å². The van der Waals surface area contributed by atoms with Crippen LogP contribution in [0.4, 0.5) is 10.5 Å². The topological polar surface area (TPSA) is 64.3 Å². The molecule has 4 heteroatoms. The maximum Gasteiger partial charge on any atom is 0.408 e. The van der Waals surface area contributed by atoms with E-state index in [-0.39, 0.29) is 6.61 Å². The van der Waals surface area contributed by atoms with Gasteiger partial charge in [0.2, 0.25) is 0 Å². The van der Waals surface area contributed by atoms with Gasteiger partial charge in [-0.15, -0.1) is 6.42 Å². The Labute approximate surface area is 88.4 Å². The van der Waals surface area contributed by atoms with Crippen molar-refractivity contribution in [2.24, 2.45) is 0 Å². The number of hydrogen-bond acceptors (Lipinski definition) is 3. The van der Waals surface area contributed by atoms with E-state index < -0.39 is 6.09 Å². The van der Waals surface area contributed by atoms with Crippen LogP contribution in [0.1, 0.15) is 5.56 Å². The predicted octanol–water partition coefficient (Wildman–Crippen LogP) is 1.13. The van der Waals surface area contributed by atoms with Crippen molar-refractivity contribution >= 4 is 11.8 Å². The third-order valence-electron chi connectivity index (χ3n) is 1.76. The lowest BCUT2D eigenvalue weighted by molar-refractivity contribution is 0.159. The number of nitrogens with one attached hydrogen (secondary N) is 1. The lowest BCUT2D eigenvalue weighted by atomic mass is 10.2. The zero-order valence-electron chi connectivity index (χ0n) is 8.19. The number of ether oxygens (including phenoxy) is 1. The number of hydrogen-bond donors (Lipinski definition) is 2. The molecule has 0 heterocycles. The zero-order chi connectivity index (χ0) is 11.1. The third-order valence-corrected chi connectivity index (χ3v) is 1.76. The number of rotatable bonds is 3. The molecule has 0 aliphatic carbocycles. The molecule has 0 aromatic heterocycles. The van der Waals surface area contributed by atoms with Gasteiger partial charge in [0.05, 0.1) is 0 Å². The van der Waals surface area contributed by atoms with Crippen molar-refractivity contribution in [3.05, 3.63) is 29.8 Å². The lowest BCUT2D eigenvalue weighted by Crippen LogP contribution is -2.24. The number of nitrogens with two attached hydrogens (primary N) is 1. The highest BCUT2D eigenvalue weighted by molar-refractivity contribution is 5.67. The summed E-state index contributed by atoms with van der Waals surface area (Å²) in [4.78, 5) is 11.0. The summed E-state index contributed by atoms with van der Waals surface area (Å²) in [5.74, 6) is 2.20. The van der Waals surface area contributed by atoms with Gasteiger partial charge in [-0.1, -0.05) is 24.1 Å². The number of benzene rings is 1. The fourth-order valence-electron chi connectivity index (χ4n) is 1.02. The Kier molecular flexibility index (Phi) is 4.05. The van der Waals surface area contributed by atoms with Crippen molar-refractivity contribution in [2.75, 3.05) is 12.3 Å². The molecule has 0 radical (unpaired) electrons. The van der Waals surface area contributed by atoms with Gasteiger partial charge in [0.1, 0.15) is 0 Å². The van der Waals surface area contributed by atoms with Crippen molar-refractivity contribution in [3.63, 3.8) is 0 Å². The fourth-order valence-corrected chi connectivity index (χ4v) is 1.02. The van der Waals surface area contributed by atoms with Crippen LogP contribution in [0.2, 0.25) is 0 Å². The smallest absolute Gasteiger partial charge is 0.408 e. The average Bonchev–Trinajstić information content (AvgIpc) is 2.25. The van der Waals surface area contributed by atoms with Crippen molar-refractivity contribution in [1.29, 1.82) is 0 Å². The first kappa shape index (κ1) is 10.9. The summed E-state index contributed by atoms with van der Waals surface area (Å²) in [6, 6.07) is 7.27. The molecule has 0 bridgehead atoms. The van der Waals surface area contributed by atoms with Crippen LogP contribution in [-0.2, 0) is 11.3 Å². The van der Waals surface area contributed by atoms with E-state index in [0.29, 0.717) is 12.2 Å². The van der Waals surface area contributed by atoms with Gasteiger partial charge in [0, 0.05) is 12.2 Å². The Hall–Kier alpha value is -2.15. The fraction of sp³-hybridized carbons (Fsp3) is 0.182. The number of terminal acetylenes is 1. The number of para-hydroxylation sites is 1. The average molecular weight is 204 g/mol. The monoisotopic (exact) mass is 204 g/mol. The summed E-state index contributed by atoms with van der Waals surface area (Å²) in [6.45, 7) is 0.298. The minimum absolute atomic E-state index is 0.0316. The lowest BCUT2D eigenvalue weighted by Gasteiger charge is -2.06. The first-order chi connectivity index (χ1) is 7.24. The number of carbonyl (C=O) groups is 1. The van der Waals surface area contributed by atoms with Gasteiger partial charge in [-0.25, -0.2) is 4.79 Å². The van der Waals surface area contributed by atoms with E-state index in [1.54, 1.807) is 6.07 Å². The Balaban J connectivity index is 2.41. The third kappa shape index (κ3) is 3.61. The highest BCUT2D eigenvalue weighted by atomic mass is 16.5. The minimum Gasteiger partial charge on any atom is -0.436 e. The standard InChI is InChI=1S/C11H12N2O2/c1-2-7-15-11(14)13-8-9-5-3-4-6-10(9)12/h1,3-6H,7-8,12H2,(H,13,14). The van der Waals surface area contributed by atoms with E-state index >= 15 is 0 Å². The second-order valence-electron chi connectivity index (χ2n) is 2.83. The molecular formula is C11H12N2O2. The second kappa shape index (κ2) is 5.55. The van der Waals surface area contributed by atoms with E-state index in [1.165, 1.54) is 0 Å². The summed E-state index contributed by atoms with van der Waals surface area (Å²) < 4.78 is 4.63.